The molecule has 6 rings (SSSR count). The summed E-state index contributed by atoms with van der Waals surface area (Å²) in [6.45, 7) is 14.9. The van der Waals surface area contributed by atoms with Crippen molar-refractivity contribution in [2.75, 3.05) is 27.2 Å². The van der Waals surface area contributed by atoms with Gasteiger partial charge in [-0.25, -0.2) is 4.39 Å². The number of nitrogens with one attached hydrogen (secondary N) is 1. The lowest BCUT2D eigenvalue weighted by molar-refractivity contribution is -0.183. The number of amides is 1. The van der Waals surface area contributed by atoms with Gasteiger partial charge in [0.15, 0.2) is 0 Å². The van der Waals surface area contributed by atoms with Gasteiger partial charge in [0.25, 0.3) is 0 Å². The van der Waals surface area contributed by atoms with Crippen LogP contribution in [0, 0.1) is 40.8 Å². The number of nitrogens with zero attached hydrogens (tertiary/aromatic N) is 3. The average Bonchev–Trinajstić information content (AvgIpc) is 3.40. The van der Waals surface area contributed by atoms with E-state index in [0.717, 1.165) is 30.5 Å². The number of benzene rings is 2. The third-order valence-corrected chi connectivity index (χ3v) is 12.0. The molecule has 1 heterocycles. The number of rotatable bonds is 15. The summed E-state index contributed by atoms with van der Waals surface area (Å²) in [5.74, 6) is 0.699. The number of phenols is 1. The predicted molar refractivity (Wildman–Crippen MR) is 193 cm³/mol. The van der Waals surface area contributed by atoms with Crippen molar-refractivity contribution >= 4 is 5.91 Å². The maximum absolute atomic E-state index is 14.1. The predicted octanol–water partition coefficient (Wildman–Crippen LogP) is 5.17. The first-order valence-electron chi connectivity index (χ1n) is 18.6. The second-order valence-corrected chi connectivity index (χ2v) is 16.8. The standard InChI is InChI=1S/C40H61FN4O5/c1-24(2)14-32(22-43(7)8)44(21-29-12-13-31(41)18-35(29)48)19-27-10-9-11-28(15-27)20-45-38(37(26(4)47)36(23-46)50-45)39(49)42-34-17-30-16-33(25(34)3)40(30,5)6/h9-13,15,18,24-26,30,32-34,36-38,46-48H,14,16-17,19-23H2,1-8H3,(H,42,49)/t25-,26-,30-,32-,33+,34-,36-,37+,38-/m0/s1. The Labute approximate surface area is 298 Å². The summed E-state index contributed by atoms with van der Waals surface area (Å²) < 4.78 is 13.9. The van der Waals surface area contributed by atoms with Crippen molar-refractivity contribution in [3.05, 3.63) is 65.0 Å². The Morgan fingerprint density at radius 2 is 1.82 bits per heavy atom. The van der Waals surface area contributed by atoms with Crippen LogP contribution in [0.5, 0.6) is 5.75 Å². The Hall–Kier alpha value is -2.60. The van der Waals surface area contributed by atoms with Gasteiger partial charge in [-0.3, -0.25) is 14.5 Å². The van der Waals surface area contributed by atoms with Gasteiger partial charge < -0.3 is 25.5 Å². The number of aliphatic hydroxyl groups excluding tert-OH is 2. The minimum Gasteiger partial charge on any atom is -0.508 e. The highest BCUT2D eigenvalue weighted by Crippen LogP contribution is 2.61. The van der Waals surface area contributed by atoms with Crippen molar-refractivity contribution in [3.8, 4) is 5.75 Å². The number of aliphatic hydroxyl groups is 2. The van der Waals surface area contributed by atoms with Gasteiger partial charge in [-0.2, -0.15) is 5.06 Å². The van der Waals surface area contributed by atoms with Crippen molar-refractivity contribution in [1.29, 1.82) is 0 Å². The second kappa shape index (κ2) is 16.0. The molecule has 9 atom stereocenters. The normalized spacial score (nSPS) is 29.0. The molecule has 2 bridgehead atoms. The SMILES string of the molecule is CC(C)C[C@@H](CN(C)C)N(Cc1cccc(CN2O[C@@H](CO)[C@@H]([C@H](C)O)[C@H]2C(=O)N[C@H]2C[C@@H]3C[C@H]([C@@H]2C)C3(C)C)c1)Cc1ccc(F)cc1O. The molecule has 0 radical (unpaired) electrons. The van der Waals surface area contributed by atoms with Crippen LogP contribution in [0.4, 0.5) is 4.39 Å². The van der Waals surface area contributed by atoms with Crippen molar-refractivity contribution < 1.29 is 29.3 Å². The first kappa shape index (κ1) is 38.6. The van der Waals surface area contributed by atoms with Crippen LogP contribution >= 0.6 is 0 Å². The topological polar surface area (TPSA) is 109 Å². The van der Waals surface area contributed by atoms with Gasteiger partial charge in [0.2, 0.25) is 5.91 Å². The fourth-order valence-corrected chi connectivity index (χ4v) is 9.23. The molecule has 4 fully saturated rings. The number of fused-ring (bicyclic) bond motifs is 2. The number of aromatic hydroxyl groups is 1. The number of halogens is 1. The van der Waals surface area contributed by atoms with Crippen LogP contribution in [0.2, 0.25) is 0 Å². The van der Waals surface area contributed by atoms with E-state index in [-0.39, 0.29) is 30.3 Å². The Balaban J connectivity index is 1.37. The lowest BCUT2D eigenvalue weighted by atomic mass is 9.45. The third kappa shape index (κ3) is 8.54. The van der Waals surface area contributed by atoms with Crippen LogP contribution < -0.4 is 5.32 Å². The number of carbonyl (C=O) groups excluding carboxylic acids is 1. The first-order valence-corrected chi connectivity index (χ1v) is 18.6. The molecule has 50 heavy (non-hydrogen) atoms. The Bertz CT molecular complexity index is 1440. The van der Waals surface area contributed by atoms with Crippen LogP contribution in [0.25, 0.3) is 0 Å². The molecule has 2 aromatic rings. The minimum atomic E-state index is -0.860. The number of phenolic OH excluding ortho intramolecular Hbond substituents is 1. The van der Waals surface area contributed by atoms with E-state index < -0.39 is 30.0 Å². The number of likely N-dealkylation sites (N-methyl/N-ethyl adjacent to an activating group) is 1. The lowest BCUT2D eigenvalue weighted by Crippen LogP contribution is -2.62. The van der Waals surface area contributed by atoms with E-state index >= 15 is 0 Å². The molecule has 3 saturated carbocycles. The van der Waals surface area contributed by atoms with Gasteiger partial charge >= 0.3 is 0 Å². The summed E-state index contributed by atoms with van der Waals surface area (Å²) in [7, 11) is 4.12. The molecule has 278 valence electrons. The molecule has 2 aromatic carbocycles. The van der Waals surface area contributed by atoms with Crippen molar-refractivity contribution in [3.63, 3.8) is 0 Å². The molecular weight excluding hydrogens is 635 g/mol. The van der Waals surface area contributed by atoms with Gasteiger partial charge in [-0.1, -0.05) is 65.0 Å². The molecule has 4 aliphatic rings. The molecule has 3 aliphatic carbocycles. The summed E-state index contributed by atoms with van der Waals surface area (Å²) >= 11 is 0. The first-order chi connectivity index (χ1) is 23.6. The summed E-state index contributed by atoms with van der Waals surface area (Å²) in [5.41, 5.74) is 2.96. The molecule has 4 N–H and O–H groups in total. The zero-order valence-electron chi connectivity index (χ0n) is 31.3. The summed E-state index contributed by atoms with van der Waals surface area (Å²) in [4.78, 5) is 24.9. The zero-order chi connectivity index (χ0) is 36.5. The third-order valence-electron chi connectivity index (χ3n) is 12.0. The van der Waals surface area contributed by atoms with E-state index in [2.05, 4.69) is 76.0 Å². The van der Waals surface area contributed by atoms with E-state index in [0.29, 0.717) is 54.3 Å². The van der Waals surface area contributed by atoms with E-state index in [1.165, 1.54) is 18.6 Å². The largest absolute Gasteiger partial charge is 0.508 e. The second-order valence-electron chi connectivity index (χ2n) is 16.8. The zero-order valence-corrected chi connectivity index (χ0v) is 31.3. The van der Waals surface area contributed by atoms with Gasteiger partial charge in [-0.15, -0.1) is 0 Å². The quantitative estimate of drug-likeness (QED) is 0.202. The van der Waals surface area contributed by atoms with Crippen LogP contribution in [-0.2, 0) is 29.3 Å². The smallest absolute Gasteiger partial charge is 0.240 e. The highest BCUT2D eigenvalue weighted by molar-refractivity contribution is 5.82. The average molecular weight is 697 g/mol. The Morgan fingerprint density at radius 1 is 1.10 bits per heavy atom. The minimum absolute atomic E-state index is 0.0538. The molecule has 0 spiro atoms. The van der Waals surface area contributed by atoms with Crippen LogP contribution in [-0.4, -0.2) is 93.7 Å². The van der Waals surface area contributed by atoms with Gasteiger partial charge in [0, 0.05) is 49.3 Å². The summed E-state index contributed by atoms with van der Waals surface area (Å²) in [6.07, 6.45) is 1.55. The molecule has 1 aliphatic heterocycles. The van der Waals surface area contributed by atoms with E-state index in [1.54, 1.807) is 18.1 Å². The monoisotopic (exact) mass is 696 g/mol. The van der Waals surface area contributed by atoms with Crippen LogP contribution in [0.15, 0.2) is 42.5 Å². The van der Waals surface area contributed by atoms with E-state index in [1.807, 2.05) is 12.1 Å². The van der Waals surface area contributed by atoms with Crippen molar-refractivity contribution in [2.24, 2.45) is 35.0 Å². The molecule has 9 nitrogen and oxygen atoms in total. The van der Waals surface area contributed by atoms with Gasteiger partial charge in [-0.05, 0) is 86.6 Å². The Morgan fingerprint density at radius 3 is 2.42 bits per heavy atom. The molecule has 0 unspecified atom stereocenters. The molecule has 0 aromatic heterocycles. The van der Waals surface area contributed by atoms with Crippen LogP contribution in [0.3, 0.4) is 0 Å². The maximum Gasteiger partial charge on any atom is 0.240 e. The Kier molecular flexibility index (Phi) is 12.3. The molecular formula is C40H61FN4O5. The fourth-order valence-electron chi connectivity index (χ4n) is 9.23. The van der Waals surface area contributed by atoms with E-state index in [9.17, 15) is 24.5 Å². The summed E-state index contributed by atoms with van der Waals surface area (Å²) in [6, 6.07) is 11.9. The number of hydroxylamine groups is 2. The lowest BCUT2D eigenvalue weighted by Gasteiger charge is -2.62. The van der Waals surface area contributed by atoms with Crippen LogP contribution in [0.1, 0.15) is 77.5 Å². The molecule has 1 saturated heterocycles. The number of hydrogen-bond acceptors (Lipinski definition) is 8. The van der Waals surface area contributed by atoms with Gasteiger partial charge in [0.05, 0.1) is 19.3 Å². The highest BCUT2D eigenvalue weighted by Gasteiger charge is 2.57. The molecule has 1 amide bonds. The number of carbonyl (C=O) groups is 1. The highest BCUT2D eigenvalue weighted by atomic mass is 19.1. The summed E-state index contributed by atoms with van der Waals surface area (Å²) in [5, 5.41) is 36.8. The van der Waals surface area contributed by atoms with Crippen molar-refractivity contribution in [2.45, 2.75) is 111 Å². The maximum atomic E-state index is 14.1. The fraction of sp³-hybridized carbons (Fsp3) is 0.675. The molecule has 10 heteroatoms. The van der Waals surface area contributed by atoms with Gasteiger partial charge in [0.1, 0.15) is 23.7 Å². The van der Waals surface area contributed by atoms with Crippen molar-refractivity contribution in [1.82, 2.24) is 20.2 Å². The van der Waals surface area contributed by atoms with E-state index in [4.69, 9.17) is 4.84 Å². The number of hydrogen-bond donors (Lipinski definition) is 4.